The van der Waals surface area contributed by atoms with E-state index in [0.717, 1.165) is 22.5 Å². The van der Waals surface area contributed by atoms with Gasteiger partial charge in [0.2, 0.25) is 0 Å². The highest BCUT2D eigenvalue weighted by Gasteiger charge is 2.13. The summed E-state index contributed by atoms with van der Waals surface area (Å²) in [7, 11) is 1.97. The van der Waals surface area contributed by atoms with E-state index in [1.165, 1.54) is 5.69 Å². The molecule has 0 radical (unpaired) electrons. The SMILES string of the molecule is Cc1nn(C)c(Cn2ccnc2C(C)C)c1Br. The van der Waals surface area contributed by atoms with Gasteiger partial charge in [-0.1, -0.05) is 13.8 Å². The predicted octanol–water partition coefficient (Wildman–Crippen LogP) is 2.86. The highest BCUT2D eigenvalue weighted by Crippen LogP contribution is 2.22. The summed E-state index contributed by atoms with van der Waals surface area (Å²) < 4.78 is 5.18. The third-order valence-electron chi connectivity index (χ3n) is 2.85. The normalized spacial score (nSPS) is 11.4. The molecule has 2 rings (SSSR count). The number of aromatic nitrogens is 4. The van der Waals surface area contributed by atoms with Gasteiger partial charge in [0.15, 0.2) is 0 Å². The number of imidazole rings is 1. The Bertz CT molecular complexity index is 525. The van der Waals surface area contributed by atoms with Gasteiger partial charge >= 0.3 is 0 Å². The smallest absolute Gasteiger partial charge is 0.111 e. The van der Waals surface area contributed by atoms with Gasteiger partial charge in [-0.15, -0.1) is 0 Å². The summed E-state index contributed by atoms with van der Waals surface area (Å²) in [6.07, 6.45) is 3.87. The van der Waals surface area contributed by atoms with Gasteiger partial charge in [-0.25, -0.2) is 4.98 Å². The Morgan fingerprint density at radius 3 is 2.65 bits per heavy atom. The third kappa shape index (κ3) is 2.29. The highest BCUT2D eigenvalue weighted by molar-refractivity contribution is 9.10. The number of halogens is 1. The Labute approximate surface area is 110 Å². The first-order valence-electron chi connectivity index (χ1n) is 5.69. The minimum Gasteiger partial charge on any atom is -0.329 e. The van der Waals surface area contributed by atoms with Crippen molar-refractivity contribution in [2.24, 2.45) is 7.05 Å². The molecule has 17 heavy (non-hydrogen) atoms. The van der Waals surface area contributed by atoms with Crippen LogP contribution in [-0.4, -0.2) is 19.3 Å². The molecule has 0 aliphatic carbocycles. The van der Waals surface area contributed by atoms with Crippen LogP contribution in [0.15, 0.2) is 16.9 Å². The minimum atomic E-state index is 0.429. The highest BCUT2D eigenvalue weighted by atomic mass is 79.9. The molecule has 0 N–H and O–H groups in total. The fourth-order valence-electron chi connectivity index (χ4n) is 1.97. The molecule has 0 saturated carbocycles. The molecule has 0 aliphatic heterocycles. The number of nitrogens with zero attached hydrogens (tertiary/aromatic N) is 4. The van der Waals surface area contributed by atoms with Crippen LogP contribution in [0, 0.1) is 6.92 Å². The van der Waals surface area contributed by atoms with Crippen molar-refractivity contribution in [3.63, 3.8) is 0 Å². The lowest BCUT2D eigenvalue weighted by Gasteiger charge is -2.10. The first-order chi connectivity index (χ1) is 8.00. The van der Waals surface area contributed by atoms with E-state index < -0.39 is 0 Å². The quantitative estimate of drug-likeness (QED) is 0.873. The molecule has 5 heteroatoms. The summed E-state index contributed by atoms with van der Waals surface area (Å²) >= 11 is 3.59. The zero-order valence-corrected chi connectivity index (χ0v) is 12.2. The summed E-state index contributed by atoms with van der Waals surface area (Å²) in [5, 5.41) is 4.40. The summed E-state index contributed by atoms with van der Waals surface area (Å²) in [5.74, 6) is 1.54. The van der Waals surface area contributed by atoms with Crippen molar-refractivity contribution < 1.29 is 0 Å². The maximum absolute atomic E-state index is 4.40. The van der Waals surface area contributed by atoms with Gasteiger partial charge in [-0.2, -0.15) is 5.10 Å². The number of rotatable bonds is 3. The summed E-state index contributed by atoms with van der Waals surface area (Å²) in [6.45, 7) is 7.11. The van der Waals surface area contributed by atoms with Gasteiger partial charge in [-0.3, -0.25) is 4.68 Å². The van der Waals surface area contributed by atoms with Crippen molar-refractivity contribution in [2.75, 3.05) is 0 Å². The molecule has 2 aromatic rings. The average Bonchev–Trinajstić information content (AvgIpc) is 2.80. The van der Waals surface area contributed by atoms with Crippen molar-refractivity contribution >= 4 is 15.9 Å². The molecule has 0 aliphatic rings. The molecule has 0 saturated heterocycles. The largest absolute Gasteiger partial charge is 0.329 e. The number of hydrogen-bond donors (Lipinski definition) is 0. The van der Waals surface area contributed by atoms with Crippen molar-refractivity contribution in [3.8, 4) is 0 Å². The van der Waals surface area contributed by atoms with Crippen LogP contribution in [0.4, 0.5) is 0 Å². The van der Waals surface area contributed by atoms with E-state index in [1.54, 1.807) is 0 Å². The second kappa shape index (κ2) is 4.64. The van der Waals surface area contributed by atoms with Crippen LogP contribution in [-0.2, 0) is 13.6 Å². The molecule has 0 aromatic carbocycles. The lowest BCUT2D eigenvalue weighted by Crippen LogP contribution is -2.09. The molecule has 0 bridgehead atoms. The Hall–Kier alpha value is -1.10. The molecule has 0 fully saturated rings. The monoisotopic (exact) mass is 296 g/mol. The Morgan fingerprint density at radius 2 is 2.12 bits per heavy atom. The summed E-state index contributed by atoms with van der Waals surface area (Å²) in [4.78, 5) is 4.40. The molecule has 0 amide bonds. The summed E-state index contributed by atoms with van der Waals surface area (Å²) in [6, 6.07) is 0. The van der Waals surface area contributed by atoms with Crippen LogP contribution >= 0.6 is 15.9 Å². The first-order valence-corrected chi connectivity index (χ1v) is 6.49. The van der Waals surface area contributed by atoms with Gasteiger partial charge in [0.05, 0.1) is 22.4 Å². The van der Waals surface area contributed by atoms with Crippen molar-refractivity contribution in [2.45, 2.75) is 33.2 Å². The second-order valence-electron chi connectivity index (χ2n) is 4.54. The Morgan fingerprint density at radius 1 is 1.41 bits per heavy atom. The van der Waals surface area contributed by atoms with E-state index in [1.807, 2.05) is 31.0 Å². The number of aryl methyl sites for hydroxylation is 2. The zero-order valence-electron chi connectivity index (χ0n) is 10.6. The lowest BCUT2D eigenvalue weighted by atomic mass is 10.2. The van der Waals surface area contributed by atoms with Crippen molar-refractivity contribution in [1.29, 1.82) is 0 Å². The maximum atomic E-state index is 4.40. The Balaban J connectivity index is 2.35. The fraction of sp³-hybridized carbons (Fsp3) is 0.500. The molecule has 0 atom stereocenters. The van der Waals surface area contributed by atoms with E-state index in [0.29, 0.717) is 5.92 Å². The van der Waals surface area contributed by atoms with Crippen LogP contribution in [0.5, 0.6) is 0 Å². The Kier molecular flexibility index (Phi) is 3.38. The lowest BCUT2D eigenvalue weighted by molar-refractivity contribution is 0.620. The second-order valence-corrected chi connectivity index (χ2v) is 5.33. The predicted molar refractivity (Wildman–Crippen MR) is 71.1 cm³/mol. The van der Waals surface area contributed by atoms with E-state index in [-0.39, 0.29) is 0 Å². The third-order valence-corrected chi connectivity index (χ3v) is 3.88. The van der Waals surface area contributed by atoms with Crippen molar-refractivity contribution in [3.05, 3.63) is 34.1 Å². The fourth-order valence-corrected chi connectivity index (χ4v) is 2.43. The molecule has 2 heterocycles. The van der Waals surface area contributed by atoms with Crippen LogP contribution in [0.1, 0.15) is 37.0 Å². The molecule has 92 valence electrons. The van der Waals surface area contributed by atoms with Gasteiger partial charge in [0.1, 0.15) is 5.82 Å². The van der Waals surface area contributed by atoms with E-state index in [4.69, 9.17) is 0 Å². The van der Waals surface area contributed by atoms with Crippen LogP contribution in [0.2, 0.25) is 0 Å². The minimum absolute atomic E-state index is 0.429. The maximum Gasteiger partial charge on any atom is 0.111 e. The number of hydrogen-bond acceptors (Lipinski definition) is 2. The van der Waals surface area contributed by atoms with E-state index in [2.05, 4.69) is 44.4 Å². The van der Waals surface area contributed by atoms with Crippen molar-refractivity contribution in [1.82, 2.24) is 19.3 Å². The zero-order chi connectivity index (χ0) is 12.6. The van der Waals surface area contributed by atoms with Crippen LogP contribution < -0.4 is 0 Å². The van der Waals surface area contributed by atoms with Gasteiger partial charge in [0.25, 0.3) is 0 Å². The van der Waals surface area contributed by atoms with Crippen LogP contribution in [0.3, 0.4) is 0 Å². The average molecular weight is 297 g/mol. The van der Waals surface area contributed by atoms with Gasteiger partial charge in [-0.05, 0) is 22.9 Å². The van der Waals surface area contributed by atoms with Gasteiger partial charge in [0, 0.05) is 25.4 Å². The molecule has 2 aromatic heterocycles. The first kappa shape index (κ1) is 12.4. The van der Waals surface area contributed by atoms with E-state index in [9.17, 15) is 0 Å². The molecule has 0 spiro atoms. The van der Waals surface area contributed by atoms with Crippen LogP contribution in [0.25, 0.3) is 0 Å². The molecule has 4 nitrogen and oxygen atoms in total. The molecular formula is C12H17BrN4. The summed E-state index contributed by atoms with van der Waals surface area (Å²) in [5.41, 5.74) is 2.19. The van der Waals surface area contributed by atoms with E-state index >= 15 is 0 Å². The topological polar surface area (TPSA) is 35.6 Å². The standard InChI is InChI=1S/C12H17BrN4/c1-8(2)12-14-5-6-17(12)7-10-11(13)9(3)15-16(10)4/h5-6,8H,7H2,1-4H3. The van der Waals surface area contributed by atoms with Gasteiger partial charge < -0.3 is 4.57 Å². The molecule has 0 unspecified atom stereocenters. The molecular weight excluding hydrogens is 280 g/mol.